The van der Waals surface area contributed by atoms with E-state index < -0.39 is 0 Å². The van der Waals surface area contributed by atoms with Crippen molar-refractivity contribution in [3.8, 4) is 33.9 Å². The molecule has 1 aliphatic heterocycles. The number of para-hydroxylation sites is 1. The lowest BCUT2D eigenvalue weighted by molar-refractivity contribution is 0.632. The van der Waals surface area contributed by atoms with Gasteiger partial charge in [-0.05, 0) is 70.5 Å². The van der Waals surface area contributed by atoms with Gasteiger partial charge in [0.1, 0.15) is 0 Å². The van der Waals surface area contributed by atoms with Crippen molar-refractivity contribution in [3.63, 3.8) is 0 Å². The van der Waals surface area contributed by atoms with E-state index in [1.54, 1.807) is 0 Å². The van der Waals surface area contributed by atoms with Crippen molar-refractivity contribution in [2.45, 2.75) is 32.1 Å². The van der Waals surface area contributed by atoms with Crippen molar-refractivity contribution < 1.29 is 0 Å². The van der Waals surface area contributed by atoms with E-state index in [1.165, 1.54) is 38.6 Å². The standard InChI is InChI=1S/C42H32N4/c1-26-20-22-36-37(26)42(2,3)34-19-11-18-32-33-25-30(21-23-35(33)46(36)38(32)34)29-16-10-17-31(24-29)41-44-39(27-12-6-4-7-13-27)43-40(45-41)28-14-8-5-9-15-28/h4-8,10-14,16-25H,1,9,15H2,2-3H3. The van der Waals surface area contributed by atoms with Crippen LogP contribution in [0.15, 0.2) is 139 Å². The van der Waals surface area contributed by atoms with Crippen LogP contribution in [0.5, 0.6) is 0 Å². The van der Waals surface area contributed by atoms with Gasteiger partial charge >= 0.3 is 0 Å². The third-order valence-electron chi connectivity index (χ3n) is 9.77. The smallest absolute Gasteiger partial charge is 0.164 e. The molecule has 2 aromatic heterocycles. The zero-order valence-corrected chi connectivity index (χ0v) is 26.0. The summed E-state index contributed by atoms with van der Waals surface area (Å²) in [6.45, 7) is 9.05. The Kier molecular flexibility index (Phi) is 5.79. The monoisotopic (exact) mass is 592 g/mol. The minimum Gasteiger partial charge on any atom is -0.309 e. The predicted octanol–water partition coefficient (Wildman–Crippen LogP) is 10.3. The molecule has 46 heavy (non-hydrogen) atoms. The van der Waals surface area contributed by atoms with Gasteiger partial charge in [-0.3, -0.25) is 0 Å². The number of hydrogen-bond acceptors (Lipinski definition) is 3. The van der Waals surface area contributed by atoms with Crippen LogP contribution in [-0.4, -0.2) is 19.5 Å². The Morgan fingerprint density at radius 1 is 0.696 bits per heavy atom. The fourth-order valence-electron chi connectivity index (χ4n) is 7.55. The summed E-state index contributed by atoms with van der Waals surface area (Å²) in [6, 6.07) is 32.4. The normalized spacial score (nSPS) is 16.4. The largest absolute Gasteiger partial charge is 0.309 e. The maximum atomic E-state index is 5.01. The second kappa shape index (κ2) is 9.95. The van der Waals surface area contributed by atoms with Crippen LogP contribution in [0.25, 0.3) is 67.0 Å². The average Bonchev–Trinajstić information content (AvgIpc) is 3.66. The number of aromatic nitrogens is 4. The topological polar surface area (TPSA) is 43.6 Å². The van der Waals surface area contributed by atoms with Crippen molar-refractivity contribution in [1.29, 1.82) is 0 Å². The number of benzene rings is 4. The first-order valence-corrected chi connectivity index (χ1v) is 16.0. The zero-order valence-electron chi connectivity index (χ0n) is 26.0. The van der Waals surface area contributed by atoms with E-state index in [0.717, 1.165) is 52.1 Å². The van der Waals surface area contributed by atoms with Crippen molar-refractivity contribution in [2.24, 2.45) is 0 Å². The molecule has 0 spiro atoms. The summed E-state index contributed by atoms with van der Waals surface area (Å²) in [5.41, 5.74) is 12.8. The molecule has 2 aliphatic carbocycles. The van der Waals surface area contributed by atoms with E-state index in [1.807, 2.05) is 18.2 Å². The quantitative estimate of drug-likeness (QED) is 0.205. The second-order valence-corrected chi connectivity index (χ2v) is 12.9. The lowest BCUT2D eigenvalue weighted by Gasteiger charge is -2.34. The summed E-state index contributed by atoms with van der Waals surface area (Å²) in [5, 5.41) is 2.53. The summed E-state index contributed by atoms with van der Waals surface area (Å²) >= 11 is 0. The highest BCUT2D eigenvalue weighted by atomic mass is 15.0. The lowest BCUT2D eigenvalue weighted by Crippen LogP contribution is -2.26. The third-order valence-corrected chi connectivity index (χ3v) is 9.77. The molecule has 0 radical (unpaired) electrons. The summed E-state index contributed by atoms with van der Waals surface area (Å²) < 4.78 is 2.45. The minimum atomic E-state index is -0.122. The van der Waals surface area contributed by atoms with Gasteiger partial charge in [0.05, 0.1) is 16.7 Å². The molecule has 0 atom stereocenters. The van der Waals surface area contributed by atoms with Crippen LogP contribution in [0.4, 0.5) is 0 Å². The molecule has 6 aromatic rings. The molecule has 0 N–H and O–H groups in total. The first-order valence-electron chi connectivity index (χ1n) is 16.0. The Hall–Kier alpha value is -5.61. The molecule has 0 saturated heterocycles. The summed E-state index contributed by atoms with van der Waals surface area (Å²) in [4.78, 5) is 14.9. The van der Waals surface area contributed by atoms with Crippen LogP contribution in [0.1, 0.15) is 38.1 Å². The van der Waals surface area contributed by atoms with Gasteiger partial charge in [-0.25, -0.2) is 15.0 Å². The van der Waals surface area contributed by atoms with E-state index in [-0.39, 0.29) is 5.41 Å². The minimum absolute atomic E-state index is 0.122. The number of fused-ring (bicyclic) bond motifs is 4. The van der Waals surface area contributed by atoms with Crippen molar-refractivity contribution in [1.82, 2.24) is 19.5 Å². The van der Waals surface area contributed by atoms with Crippen LogP contribution in [0, 0.1) is 0 Å². The molecule has 4 aromatic carbocycles. The molecule has 0 bridgehead atoms. The first-order chi connectivity index (χ1) is 22.5. The van der Waals surface area contributed by atoms with Crippen LogP contribution < -0.4 is 0 Å². The van der Waals surface area contributed by atoms with E-state index in [2.05, 4.69) is 128 Å². The summed E-state index contributed by atoms with van der Waals surface area (Å²) in [7, 11) is 0. The van der Waals surface area contributed by atoms with Gasteiger partial charge in [0.25, 0.3) is 0 Å². The maximum absolute atomic E-state index is 5.01. The van der Waals surface area contributed by atoms with Crippen LogP contribution in [-0.2, 0) is 5.41 Å². The summed E-state index contributed by atoms with van der Waals surface area (Å²) in [6.07, 6.45) is 12.7. The Morgan fingerprint density at radius 2 is 1.43 bits per heavy atom. The van der Waals surface area contributed by atoms with E-state index in [0.29, 0.717) is 11.6 Å². The highest BCUT2D eigenvalue weighted by Crippen LogP contribution is 2.51. The number of nitrogens with zero attached hydrogens (tertiary/aromatic N) is 4. The Bertz CT molecular complexity index is 2400. The first kappa shape index (κ1) is 26.8. The molecular weight excluding hydrogens is 560 g/mol. The number of hydrogen-bond donors (Lipinski definition) is 0. The molecule has 0 fully saturated rings. The van der Waals surface area contributed by atoms with Crippen molar-refractivity contribution in [2.75, 3.05) is 0 Å². The van der Waals surface area contributed by atoms with Gasteiger partial charge in [0.15, 0.2) is 17.5 Å². The van der Waals surface area contributed by atoms with Crippen molar-refractivity contribution >= 4 is 33.1 Å². The van der Waals surface area contributed by atoms with Gasteiger partial charge < -0.3 is 4.57 Å². The van der Waals surface area contributed by atoms with E-state index >= 15 is 0 Å². The van der Waals surface area contributed by atoms with E-state index in [9.17, 15) is 0 Å². The van der Waals surface area contributed by atoms with Gasteiger partial charge in [0.2, 0.25) is 0 Å². The molecule has 4 nitrogen and oxygen atoms in total. The third kappa shape index (κ3) is 3.96. The van der Waals surface area contributed by atoms with Crippen LogP contribution >= 0.6 is 0 Å². The molecule has 4 heteroatoms. The number of rotatable bonds is 4. The Balaban J connectivity index is 1.20. The lowest BCUT2D eigenvalue weighted by atomic mass is 9.73. The van der Waals surface area contributed by atoms with E-state index in [4.69, 9.17) is 15.0 Å². The fourth-order valence-corrected chi connectivity index (χ4v) is 7.55. The highest BCUT2D eigenvalue weighted by molar-refractivity contribution is 6.14. The van der Waals surface area contributed by atoms with Gasteiger partial charge in [-0.1, -0.05) is 118 Å². The molecular formula is C42H32N4. The zero-order chi connectivity index (χ0) is 31.0. The Labute approximate surface area is 268 Å². The molecule has 0 amide bonds. The summed E-state index contributed by atoms with van der Waals surface area (Å²) in [5.74, 6) is 2.12. The maximum Gasteiger partial charge on any atom is 0.164 e. The van der Waals surface area contributed by atoms with Gasteiger partial charge in [-0.15, -0.1) is 0 Å². The Morgan fingerprint density at radius 3 is 2.26 bits per heavy atom. The SMILES string of the molecule is C=C1C=CC2=C1C(C)(C)c1cccc3c4cc(-c5cccc(-c6nc(C7=CC=CCC7)nc(-c7ccccc7)n6)c5)ccc4n2c13. The average molecular weight is 593 g/mol. The molecule has 220 valence electrons. The second-order valence-electron chi connectivity index (χ2n) is 12.9. The van der Waals surface area contributed by atoms with Crippen LogP contribution in [0.3, 0.4) is 0 Å². The number of allylic oxidation sites excluding steroid dienone is 9. The molecule has 9 rings (SSSR count). The molecule has 3 heterocycles. The fraction of sp³-hybridized carbons (Fsp3) is 0.119. The highest BCUT2D eigenvalue weighted by Gasteiger charge is 2.38. The molecule has 3 aliphatic rings. The van der Waals surface area contributed by atoms with Crippen LogP contribution in [0.2, 0.25) is 0 Å². The molecule has 0 saturated carbocycles. The van der Waals surface area contributed by atoms with Gasteiger partial charge in [0, 0.05) is 27.3 Å². The van der Waals surface area contributed by atoms with Crippen molar-refractivity contribution in [3.05, 3.63) is 150 Å². The predicted molar refractivity (Wildman–Crippen MR) is 190 cm³/mol. The molecule has 0 unspecified atom stereocenters. The van der Waals surface area contributed by atoms with Gasteiger partial charge in [-0.2, -0.15) is 0 Å².